The summed E-state index contributed by atoms with van der Waals surface area (Å²) < 4.78 is 9.79. The van der Waals surface area contributed by atoms with Gasteiger partial charge >= 0.3 is 0 Å². The van der Waals surface area contributed by atoms with Gasteiger partial charge in [0.1, 0.15) is 28.6 Å². The number of likely N-dealkylation sites (tertiary alicyclic amines) is 1. The molecule has 0 bridgehead atoms. The van der Waals surface area contributed by atoms with Crippen molar-refractivity contribution in [1.29, 1.82) is 0 Å². The van der Waals surface area contributed by atoms with Crippen molar-refractivity contribution in [3.05, 3.63) is 64.9 Å². The average Bonchev–Trinajstić information content (AvgIpc) is 3.62. The molecule has 6 rings (SSSR count). The Morgan fingerprint density at radius 2 is 2.06 bits per heavy atom. The molecule has 1 aliphatic rings. The van der Waals surface area contributed by atoms with Crippen molar-refractivity contribution in [3.63, 3.8) is 0 Å². The van der Waals surface area contributed by atoms with Crippen LogP contribution in [0.2, 0.25) is 0 Å². The van der Waals surface area contributed by atoms with Crippen LogP contribution in [0.5, 0.6) is 5.75 Å². The lowest BCUT2D eigenvalue weighted by Crippen LogP contribution is -2.38. The summed E-state index contributed by atoms with van der Waals surface area (Å²) in [5.74, 6) is 2.55. The third kappa shape index (κ3) is 3.46. The maximum atomic E-state index is 12.8. The van der Waals surface area contributed by atoms with Crippen molar-refractivity contribution < 1.29 is 9.53 Å². The number of carbonyl (C=O) groups excluding carboxylic acids is 1. The van der Waals surface area contributed by atoms with Gasteiger partial charge in [-0.2, -0.15) is 11.3 Å². The van der Waals surface area contributed by atoms with E-state index in [1.807, 2.05) is 47.1 Å². The zero-order valence-electron chi connectivity index (χ0n) is 19.6. The number of benzene rings is 1. The van der Waals surface area contributed by atoms with Gasteiger partial charge in [-0.05, 0) is 42.5 Å². The fourth-order valence-corrected chi connectivity index (χ4v) is 5.83. The number of hydrogen-bond donors (Lipinski definition) is 1. The number of aromatic nitrogens is 4. The molecule has 1 amide bonds. The molecule has 2 N–H and O–H groups in total. The summed E-state index contributed by atoms with van der Waals surface area (Å²) in [5.41, 5.74) is 10.8. The molecule has 35 heavy (non-hydrogen) atoms. The Morgan fingerprint density at radius 3 is 2.80 bits per heavy atom. The van der Waals surface area contributed by atoms with Gasteiger partial charge in [0, 0.05) is 49.2 Å². The number of rotatable bonds is 4. The van der Waals surface area contributed by atoms with Gasteiger partial charge in [-0.1, -0.05) is 6.07 Å². The lowest BCUT2D eigenvalue weighted by molar-refractivity contribution is 0.0711. The average molecular weight is 487 g/mol. The number of imidazole rings is 1. The maximum Gasteiger partial charge on any atom is 0.254 e. The molecule has 1 aromatic carbocycles. The first-order chi connectivity index (χ1) is 17.1. The highest BCUT2D eigenvalue weighted by Crippen LogP contribution is 2.38. The molecule has 8 nitrogen and oxygen atoms in total. The van der Waals surface area contributed by atoms with Crippen LogP contribution in [0.25, 0.3) is 27.8 Å². The second kappa shape index (κ2) is 8.42. The molecule has 1 aliphatic heterocycles. The van der Waals surface area contributed by atoms with E-state index in [1.54, 1.807) is 24.6 Å². The predicted octanol–water partition coefficient (Wildman–Crippen LogP) is 4.56. The second-order valence-corrected chi connectivity index (χ2v) is 9.69. The van der Waals surface area contributed by atoms with Crippen LogP contribution in [0.4, 0.5) is 5.82 Å². The summed E-state index contributed by atoms with van der Waals surface area (Å²) in [4.78, 5) is 24.3. The number of nitrogens with two attached hydrogens (primary N) is 1. The number of piperidine rings is 1. The molecular weight excluding hydrogens is 460 g/mol. The van der Waals surface area contributed by atoms with E-state index in [2.05, 4.69) is 26.1 Å². The van der Waals surface area contributed by atoms with Crippen molar-refractivity contribution in [2.24, 2.45) is 7.05 Å². The van der Waals surface area contributed by atoms with E-state index in [-0.39, 0.29) is 11.8 Å². The summed E-state index contributed by atoms with van der Waals surface area (Å²) in [6, 6.07) is 10.0. The minimum absolute atomic E-state index is 0.108. The smallest absolute Gasteiger partial charge is 0.254 e. The maximum absolute atomic E-state index is 12.8. The molecule has 5 aromatic rings. The van der Waals surface area contributed by atoms with Crippen LogP contribution in [0.3, 0.4) is 0 Å². The zero-order valence-corrected chi connectivity index (χ0v) is 20.5. The van der Waals surface area contributed by atoms with Crippen molar-refractivity contribution >= 4 is 39.5 Å². The number of amides is 1. The molecule has 0 radical (unpaired) electrons. The summed E-state index contributed by atoms with van der Waals surface area (Å²) in [6.45, 7) is 1.41. The highest BCUT2D eigenvalue weighted by molar-refractivity contribution is 7.08. The Hall–Kier alpha value is -3.85. The van der Waals surface area contributed by atoms with Gasteiger partial charge in [0.15, 0.2) is 0 Å². The molecule has 0 aliphatic carbocycles. The van der Waals surface area contributed by atoms with Gasteiger partial charge < -0.3 is 19.9 Å². The van der Waals surface area contributed by atoms with Gasteiger partial charge in [-0.15, -0.1) is 0 Å². The molecule has 0 spiro atoms. The number of nitrogens with zero attached hydrogens (tertiary/aromatic N) is 5. The first kappa shape index (κ1) is 21.7. The first-order valence-electron chi connectivity index (χ1n) is 11.6. The summed E-state index contributed by atoms with van der Waals surface area (Å²) >= 11 is 1.55. The standard InChI is InChI=1S/C26H26N6O2S/c1-30-19-4-3-5-21(34-2)18(19)14-20(30)22-23-24(27)28-9-12-32(23)25(29-22)16-6-10-31(11-7-16)26(33)17-8-13-35-15-17/h3-5,8-9,12-16H,6-7,10-11H2,1-2H3,(H2,27,28). The quantitative estimate of drug-likeness (QED) is 0.402. The largest absolute Gasteiger partial charge is 0.496 e. The number of carbonyl (C=O) groups is 1. The lowest BCUT2D eigenvalue weighted by Gasteiger charge is -2.31. The van der Waals surface area contributed by atoms with Crippen LogP contribution >= 0.6 is 11.3 Å². The van der Waals surface area contributed by atoms with E-state index < -0.39 is 0 Å². The first-order valence-corrected chi connectivity index (χ1v) is 12.6. The van der Waals surface area contributed by atoms with E-state index >= 15 is 0 Å². The summed E-state index contributed by atoms with van der Waals surface area (Å²) in [5, 5.41) is 4.88. The molecule has 4 aromatic heterocycles. The van der Waals surface area contributed by atoms with Gasteiger partial charge in [-0.3, -0.25) is 9.20 Å². The Balaban J connectivity index is 1.39. The third-order valence-corrected chi connectivity index (χ3v) is 7.72. The Kier molecular flexibility index (Phi) is 5.21. The van der Waals surface area contributed by atoms with E-state index in [1.165, 1.54) is 0 Å². The summed E-state index contributed by atoms with van der Waals surface area (Å²) in [6.07, 6.45) is 5.35. The number of nitrogen functional groups attached to an aromatic ring is 1. The lowest BCUT2D eigenvalue weighted by atomic mass is 9.95. The van der Waals surface area contributed by atoms with Crippen molar-refractivity contribution in [1.82, 2.24) is 23.8 Å². The second-order valence-electron chi connectivity index (χ2n) is 8.91. The van der Waals surface area contributed by atoms with Crippen LogP contribution in [-0.2, 0) is 7.05 Å². The zero-order chi connectivity index (χ0) is 24.1. The van der Waals surface area contributed by atoms with Crippen LogP contribution in [-0.4, -0.2) is 49.9 Å². The minimum atomic E-state index is 0.108. The number of ether oxygens (including phenoxy) is 1. The van der Waals surface area contributed by atoms with E-state index in [9.17, 15) is 4.79 Å². The van der Waals surface area contributed by atoms with Gasteiger partial charge in [-0.25, -0.2) is 9.97 Å². The molecule has 178 valence electrons. The molecule has 1 saturated heterocycles. The third-order valence-electron chi connectivity index (χ3n) is 7.04. The van der Waals surface area contributed by atoms with Crippen LogP contribution in [0.15, 0.2) is 53.5 Å². The molecule has 0 atom stereocenters. The van der Waals surface area contributed by atoms with Gasteiger partial charge in [0.2, 0.25) is 0 Å². The molecule has 5 heterocycles. The molecule has 9 heteroatoms. The van der Waals surface area contributed by atoms with Crippen molar-refractivity contribution in [3.8, 4) is 17.1 Å². The highest BCUT2D eigenvalue weighted by Gasteiger charge is 2.29. The predicted molar refractivity (Wildman–Crippen MR) is 138 cm³/mol. The Morgan fingerprint density at radius 1 is 1.23 bits per heavy atom. The highest BCUT2D eigenvalue weighted by atomic mass is 32.1. The number of methoxy groups -OCH3 is 1. The molecule has 1 fully saturated rings. The van der Waals surface area contributed by atoms with Crippen LogP contribution < -0.4 is 10.5 Å². The Bertz CT molecular complexity index is 1540. The molecule has 0 unspecified atom stereocenters. The summed E-state index contributed by atoms with van der Waals surface area (Å²) in [7, 11) is 3.71. The number of hydrogen-bond acceptors (Lipinski definition) is 6. The number of fused-ring (bicyclic) bond motifs is 2. The van der Waals surface area contributed by atoms with Crippen molar-refractivity contribution in [2.45, 2.75) is 18.8 Å². The molecule has 0 saturated carbocycles. The van der Waals surface area contributed by atoms with Crippen LogP contribution in [0, 0.1) is 0 Å². The van der Waals surface area contributed by atoms with Gasteiger partial charge in [0.05, 0.1) is 23.9 Å². The number of aryl methyl sites for hydroxylation is 1. The Labute approximate surface area is 206 Å². The van der Waals surface area contributed by atoms with E-state index in [4.69, 9.17) is 15.5 Å². The van der Waals surface area contributed by atoms with Crippen molar-refractivity contribution in [2.75, 3.05) is 25.9 Å². The SMILES string of the molecule is COc1cccc2c1cc(-c1nc(C3CCN(C(=O)c4ccsc4)CC3)n3ccnc(N)c13)n2C. The monoisotopic (exact) mass is 486 g/mol. The normalized spacial score (nSPS) is 14.7. The number of anilines is 1. The van der Waals surface area contributed by atoms with Crippen LogP contribution in [0.1, 0.15) is 34.9 Å². The minimum Gasteiger partial charge on any atom is -0.496 e. The topological polar surface area (TPSA) is 90.7 Å². The molecular formula is C26H26N6O2S. The van der Waals surface area contributed by atoms with E-state index in [0.717, 1.165) is 57.8 Å². The van der Waals surface area contributed by atoms with Gasteiger partial charge in [0.25, 0.3) is 5.91 Å². The van der Waals surface area contributed by atoms with E-state index in [0.29, 0.717) is 18.9 Å². The fraction of sp³-hybridized carbons (Fsp3) is 0.269. The fourth-order valence-electron chi connectivity index (χ4n) is 5.20. The number of thiophene rings is 1.